The van der Waals surface area contributed by atoms with E-state index in [1.807, 2.05) is 48.6 Å². The number of urea groups is 1. The number of aromatic nitrogens is 1. The van der Waals surface area contributed by atoms with Crippen molar-refractivity contribution in [1.29, 1.82) is 0 Å². The molecule has 112 valence electrons. The Balaban J connectivity index is 1.98. The van der Waals surface area contributed by atoms with Crippen molar-refractivity contribution in [3.8, 4) is 0 Å². The van der Waals surface area contributed by atoms with Gasteiger partial charge in [0, 0.05) is 23.1 Å². The highest BCUT2D eigenvalue weighted by Gasteiger charge is 2.17. The molecule has 2 aromatic rings. The van der Waals surface area contributed by atoms with Crippen molar-refractivity contribution in [3.05, 3.63) is 46.4 Å². The number of carbonyl (C=O) groups is 1. The lowest BCUT2D eigenvalue weighted by atomic mass is 10.1. The minimum absolute atomic E-state index is 0.000690. The summed E-state index contributed by atoms with van der Waals surface area (Å²) in [6.45, 7) is 0.452. The van der Waals surface area contributed by atoms with E-state index in [4.69, 9.17) is 11.6 Å². The Morgan fingerprint density at radius 3 is 2.81 bits per heavy atom. The summed E-state index contributed by atoms with van der Waals surface area (Å²) in [6, 6.07) is 7.37. The molecule has 0 saturated heterocycles. The van der Waals surface area contributed by atoms with Crippen molar-refractivity contribution >= 4 is 34.1 Å². The lowest BCUT2D eigenvalue weighted by molar-refractivity contribution is 0.243. The second-order valence-corrected chi connectivity index (χ2v) is 5.97. The molecule has 2 rings (SSSR count). The molecular formula is C14H17ClN4OS. The topological polar surface area (TPSA) is 57.3 Å². The van der Waals surface area contributed by atoms with Gasteiger partial charge in [0.25, 0.3) is 0 Å². The summed E-state index contributed by atoms with van der Waals surface area (Å²) in [6.07, 6.45) is 1.65. The molecule has 0 radical (unpaired) electrons. The van der Waals surface area contributed by atoms with Gasteiger partial charge in [0.2, 0.25) is 0 Å². The van der Waals surface area contributed by atoms with Gasteiger partial charge in [-0.2, -0.15) is 0 Å². The molecule has 0 saturated carbocycles. The number of anilines is 1. The molecular weight excluding hydrogens is 308 g/mol. The largest absolute Gasteiger partial charge is 0.336 e. The first-order chi connectivity index (χ1) is 10.1. The number of hydrogen-bond acceptors (Lipinski definition) is 4. The number of halogens is 1. The number of nitrogens with one attached hydrogen (secondary N) is 2. The van der Waals surface area contributed by atoms with Crippen molar-refractivity contribution in [3.63, 3.8) is 0 Å². The normalized spacial score (nSPS) is 12.2. The van der Waals surface area contributed by atoms with Gasteiger partial charge >= 0.3 is 6.03 Å². The van der Waals surface area contributed by atoms with Crippen LogP contribution >= 0.6 is 22.9 Å². The van der Waals surface area contributed by atoms with Crippen LogP contribution in [0.15, 0.2) is 35.8 Å². The minimum atomic E-state index is -0.274. The van der Waals surface area contributed by atoms with E-state index in [-0.39, 0.29) is 12.1 Å². The highest BCUT2D eigenvalue weighted by Crippen LogP contribution is 2.25. The zero-order chi connectivity index (χ0) is 15.2. The summed E-state index contributed by atoms with van der Waals surface area (Å²) in [7, 11) is 3.91. The van der Waals surface area contributed by atoms with Crippen molar-refractivity contribution in [1.82, 2.24) is 15.2 Å². The number of nitrogens with zero attached hydrogens (tertiary/aromatic N) is 2. The lowest BCUT2D eigenvalue weighted by Gasteiger charge is -2.25. The second kappa shape index (κ2) is 7.40. The Kier molecular flexibility index (Phi) is 5.55. The monoisotopic (exact) mass is 324 g/mol. The third-order valence-corrected chi connectivity index (χ3v) is 4.03. The third kappa shape index (κ3) is 4.42. The first-order valence-corrected chi connectivity index (χ1v) is 7.69. The van der Waals surface area contributed by atoms with Crippen molar-refractivity contribution in [2.24, 2.45) is 0 Å². The van der Waals surface area contributed by atoms with E-state index >= 15 is 0 Å². The van der Waals surface area contributed by atoms with Crippen LogP contribution in [0.5, 0.6) is 0 Å². The van der Waals surface area contributed by atoms with Gasteiger partial charge in [-0.05, 0) is 25.7 Å². The molecule has 0 unspecified atom stereocenters. The maximum absolute atomic E-state index is 11.8. The lowest BCUT2D eigenvalue weighted by Crippen LogP contribution is -2.37. The van der Waals surface area contributed by atoms with Crippen LogP contribution in [-0.2, 0) is 0 Å². The van der Waals surface area contributed by atoms with Gasteiger partial charge in [-0.15, -0.1) is 11.3 Å². The van der Waals surface area contributed by atoms with E-state index in [9.17, 15) is 4.79 Å². The van der Waals surface area contributed by atoms with Gasteiger partial charge in [0.1, 0.15) is 0 Å². The van der Waals surface area contributed by atoms with E-state index in [2.05, 4.69) is 15.6 Å². The second-order valence-electron chi connectivity index (χ2n) is 4.67. The number of rotatable bonds is 5. The minimum Gasteiger partial charge on any atom is -0.336 e. The average Bonchev–Trinajstić information content (AvgIpc) is 2.93. The first-order valence-electron chi connectivity index (χ1n) is 6.43. The first kappa shape index (κ1) is 15.8. The SMILES string of the molecule is CN(C)[C@H](CNC(=O)Nc1nccs1)c1ccccc1Cl. The van der Waals surface area contributed by atoms with Crippen LogP contribution in [0.4, 0.5) is 9.93 Å². The van der Waals surface area contributed by atoms with Crippen molar-refractivity contribution in [2.75, 3.05) is 26.0 Å². The summed E-state index contributed by atoms with van der Waals surface area (Å²) in [4.78, 5) is 17.9. The summed E-state index contributed by atoms with van der Waals surface area (Å²) >= 11 is 7.61. The van der Waals surface area contributed by atoms with Gasteiger partial charge in [-0.25, -0.2) is 9.78 Å². The molecule has 21 heavy (non-hydrogen) atoms. The average molecular weight is 325 g/mol. The maximum atomic E-state index is 11.8. The summed E-state index contributed by atoms with van der Waals surface area (Å²) in [5, 5.41) is 8.61. The number of carbonyl (C=O) groups excluding carboxylic acids is 1. The maximum Gasteiger partial charge on any atom is 0.321 e. The Morgan fingerprint density at radius 2 is 2.19 bits per heavy atom. The number of likely N-dealkylation sites (N-methyl/N-ethyl adjacent to an activating group) is 1. The number of thiazole rings is 1. The molecule has 0 fully saturated rings. The molecule has 1 atom stereocenters. The summed E-state index contributed by atoms with van der Waals surface area (Å²) < 4.78 is 0. The van der Waals surface area contributed by atoms with Crippen LogP contribution in [0.1, 0.15) is 11.6 Å². The van der Waals surface area contributed by atoms with E-state index in [1.54, 1.807) is 6.20 Å². The van der Waals surface area contributed by atoms with Gasteiger partial charge in [0.05, 0.1) is 6.04 Å². The smallest absolute Gasteiger partial charge is 0.321 e. The highest BCUT2D eigenvalue weighted by atomic mass is 35.5. The van der Waals surface area contributed by atoms with E-state index < -0.39 is 0 Å². The molecule has 0 spiro atoms. The number of amides is 2. The van der Waals surface area contributed by atoms with Crippen molar-refractivity contribution in [2.45, 2.75) is 6.04 Å². The van der Waals surface area contributed by atoms with Gasteiger partial charge in [-0.3, -0.25) is 5.32 Å². The van der Waals surface area contributed by atoms with E-state index in [1.165, 1.54) is 11.3 Å². The van der Waals surface area contributed by atoms with Crippen LogP contribution in [0.2, 0.25) is 5.02 Å². The number of benzene rings is 1. The van der Waals surface area contributed by atoms with Crippen LogP contribution in [0.3, 0.4) is 0 Å². The molecule has 2 amide bonds. The highest BCUT2D eigenvalue weighted by molar-refractivity contribution is 7.13. The standard InChI is InChI=1S/C14H17ClN4OS/c1-19(2)12(10-5-3-4-6-11(10)15)9-17-13(20)18-14-16-7-8-21-14/h3-8,12H,9H2,1-2H3,(H2,16,17,18,20)/t12-/m1/s1. The molecule has 0 aliphatic rings. The fourth-order valence-electron chi connectivity index (χ4n) is 1.93. The van der Waals surface area contributed by atoms with Crippen LogP contribution < -0.4 is 10.6 Å². The Morgan fingerprint density at radius 1 is 1.43 bits per heavy atom. The van der Waals surface area contributed by atoms with Gasteiger partial charge in [0.15, 0.2) is 5.13 Å². The van der Waals surface area contributed by atoms with E-state index in [0.29, 0.717) is 16.7 Å². The Bertz CT molecular complexity index is 588. The predicted octanol–water partition coefficient (Wildman–Crippen LogP) is 3.22. The fraction of sp³-hybridized carbons (Fsp3) is 0.286. The van der Waals surface area contributed by atoms with Crippen molar-refractivity contribution < 1.29 is 4.79 Å². The predicted molar refractivity (Wildman–Crippen MR) is 87.0 cm³/mol. The zero-order valence-electron chi connectivity index (χ0n) is 11.8. The molecule has 0 aliphatic heterocycles. The zero-order valence-corrected chi connectivity index (χ0v) is 13.4. The molecule has 7 heteroatoms. The third-order valence-electron chi connectivity index (χ3n) is 3.00. The molecule has 1 heterocycles. The van der Waals surface area contributed by atoms with Crippen LogP contribution in [0.25, 0.3) is 0 Å². The molecule has 0 bridgehead atoms. The summed E-state index contributed by atoms with van der Waals surface area (Å²) in [5.74, 6) is 0. The Hall–Kier alpha value is -1.63. The van der Waals surface area contributed by atoms with E-state index in [0.717, 1.165) is 5.56 Å². The van der Waals surface area contributed by atoms with Gasteiger partial charge in [-0.1, -0.05) is 29.8 Å². The molecule has 1 aromatic carbocycles. The summed E-state index contributed by atoms with van der Waals surface area (Å²) in [5.41, 5.74) is 0.985. The molecule has 0 aliphatic carbocycles. The fourth-order valence-corrected chi connectivity index (χ4v) is 2.72. The number of hydrogen-bond donors (Lipinski definition) is 2. The van der Waals surface area contributed by atoms with Gasteiger partial charge < -0.3 is 10.2 Å². The Labute approximate surface area is 132 Å². The molecule has 1 aromatic heterocycles. The van der Waals surface area contributed by atoms with Crippen LogP contribution in [0, 0.1) is 0 Å². The molecule has 5 nitrogen and oxygen atoms in total. The quantitative estimate of drug-likeness (QED) is 0.888. The van der Waals surface area contributed by atoms with Crippen LogP contribution in [-0.4, -0.2) is 36.6 Å². The molecule has 2 N–H and O–H groups in total.